The van der Waals surface area contributed by atoms with Gasteiger partial charge in [0.15, 0.2) is 0 Å². The van der Waals surface area contributed by atoms with Gasteiger partial charge in [-0.25, -0.2) is 4.99 Å². The van der Waals surface area contributed by atoms with Gasteiger partial charge in [-0.3, -0.25) is 4.99 Å². The summed E-state index contributed by atoms with van der Waals surface area (Å²) >= 11 is 0. The predicted molar refractivity (Wildman–Crippen MR) is 51.6 cm³/mol. The topological polar surface area (TPSA) is 24.7 Å². The monoisotopic (exact) mass is 154 g/mol. The van der Waals surface area contributed by atoms with Crippen LogP contribution in [0, 0.1) is 5.92 Å². The molecular weight excluding hydrogens is 136 g/mol. The molecule has 0 rings (SSSR count). The lowest BCUT2D eigenvalue weighted by Crippen LogP contribution is -2.04. The van der Waals surface area contributed by atoms with Crippen LogP contribution in [0.2, 0.25) is 0 Å². The van der Waals surface area contributed by atoms with E-state index in [0.717, 1.165) is 18.8 Å². The molecule has 0 saturated carbocycles. The van der Waals surface area contributed by atoms with Crippen LogP contribution in [0.5, 0.6) is 0 Å². The van der Waals surface area contributed by atoms with Crippen molar-refractivity contribution in [2.75, 3.05) is 6.54 Å². The van der Waals surface area contributed by atoms with Crippen molar-refractivity contribution in [1.29, 1.82) is 0 Å². The van der Waals surface area contributed by atoms with E-state index in [-0.39, 0.29) is 0 Å². The smallest absolute Gasteiger partial charge is 0.125 e. The average Bonchev–Trinajstić information content (AvgIpc) is 1.97. The molecule has 0 aromatic carbocycles. The summed E-state index contributed by atoms with van der Waals surface area (Å²) in [6.07, 6.45) is 2.89. The second-order valence-corrected chi connectivity index (χ2v) is 2.71. The zero-order valence-electron chi connectivity index (χ0n) is 7.96. The quantitative estimate of drug-likeness (QED) is 0.441. The van der Waals surface area contributed by atoms with E-state index < -0.39 is 0 Å². The van der Waals surface area contributed by atoms with Crippen LogP contribution < -0.4 is 0 Å². The summed E-state index contributed by atoms with van der Waals surface area (Å²) in [6, 6.07) is 0. The van der Waals surface area contributed by atoms with E-state index in [2.05, 4.69) is 30.8 Å². The Balaban J connectivity index is 4.11. The molecule has 0 aliphatic carbocycles. The Morgan fingerprint density at radius 3 is 2.36 bits per heavy atom. The van der Waals surface area contributed by atoms with Crippen molar-refractivity contribution in [3.8, 4) is 0 Å². The van der Waals surface area contributed by atoms with E-state index in [4.69, 9.17) is 0 Å². The van der Waals surface area contributed by atoms with E-state index in [0.29, 0.717) is 5.92 Å². The lowest BCUT2D eigenvalue weighted by molar-refractivity contribution is 0.860. The van der Waals surface area contributed by atoms with E-state index in [1.54, 1.807) is 0 Å². The summed E-state index contributed by atoms with van der Waals surface area (Å²) < 4.78 is 0. The first kappa shape index (κ1) is 10.3. The molecule has 0 aliphatic rings. The van der Waals surface area contributed by atoms with Crippen molar-refractivity contribution in [2.24, 2.45) is 15.9 Å². The number of hydrogen-bond acceptors (Lipinski definition) is 1. The molecule has 11 heavy (non-hydrogen) atoms. The second kappa shape index (κ2) is 6.08. The first-order valence-corrected chi connectivity index (χ1v) is 4.29. The molecule has 0 saturated heterocycles. The predicted octanol–water partition coefficient (Wildman–Crippen LogP) is 2.54. The molecule has 64 valence electrons. The zero-order valence-corrected chi connectivity index (χ0v) is 7.96. The van der Waals surface area contributed by atoms with Crippen LogP contribution in [0.25, 0.3) is 0 Å². The molecule has 0 atom stereocenters. The Labute approximate surface area is 69.4 Å². The van der Waals surface area contributed by atoms with Crippen molar-refractivity contribution in [2.45, 2.75) is 34.1 Å². The van der Waals surface area contributed by atoms with Gasteiger partial charge in [-0.15, -0.1) is 0 Å². The van der Waals surface area contributed by atoms with Crippen LogP contribution in [0.4, 0.5) is 0 Å². The third-order valence-corrected chi connectivity index (χ3v) is 1.24. The van der Waals surface area contributed by atoms with E-state index in [9.17, 15) is 0 Å². The standard InChI is InChI=1S/C9H18N2/c1-5-7-11-9(8(3)4)10-6-2/h7-8H,5-6H2,1-4H3/b10-9-,11-7-. The Morgan fingerprint density at radius 2 is 2.00 bits per heavy atom. The van der Waals surface area contributed by atoms with E-state index in [1.807, 2.05) is 13.1 Å². The SMILES string of the molecule is CC/C=N\C(=N/CC)C(C)C. The minimum absolute atomic E-state index is 0.442. The number of rotatable bonds is 3. The van der Waals surface area contributed by atoms with Crippen LogP contribution >= 0.6 is 0 Å². The van der Waals surface area contributed by atoms with Gasteiger partial charge in [0.1, 0.15) is 5.84 Å². The minimum atomic E-state index is 0.442. The fourth-order valence-electron chi connectivity index (χ4n) is 0.719. The van der Waals surface area contributed by atoms with Gasteiger partial charge < -0.3 is 0 Å². The Bertz CT molecular complexity index is 146. The van der Waals surface area contributed by atoms with Gasteiger partial charge in [0.05, 0.1) is 0 Å². The Hall–Kier alpha value is -0.660. The van der Waals surface area contributed by atoms with Crippen LogP contribution in [0.3, 0.4) is 0 Å². The largest absolute Gasteiger partial charge is 0.271 e. The van der Waals surface area contributed by atoms with Gasteiger partial charge in [-0.05, 0) is 13.3 Å². The fraction of sp³-hybridized carbons (Fsp3) is 0.778. The van der Waals surface area contributed by atoms with Crippen LogP contribution in [0.1, 0.15) is 34.1 Å². The average molecular weight is 154 g/mol. The van der Waals surface area contributed by atoms with Gasteiger partial charge >= 0.3 is 0 Å². The number of nitrogens with zero attached hydrogens (tertiary/aromatic N) is 2. The highest BCUT2D eigenvalue weighted by atomic mass is 14.9. The molecule has 0 spiro atoms. The lowest BCUT2D eigenvalue weighted by Gasteiger charge is -2.02. The fourth-order valence-corrected chi connectivity index (χ4v) is 0.719. The molecule has 0 bridgehead atoms. The van der Waals surface area contributed by atoms with Crippen LogP contribution in [0.15, 0.2) is 9.98 Å². The summed E-state index contributed by atoms with van der Waals surface area (Å²) in [7, 11) is 0. The molecule has 0 fully saturated rings. The van der Waals surface area contributed by atoms with Crippen molar-refractivity contribution in [1.82, 2.24) is 0 Å². The van der Waals surface area contributed by atoms with Gasteiger partial charge in [0, 0.05) is 18.7 Å². The minimum Gasteiger partial charge on any atom is -0.271 e. The molecule has 2 nitrogen and oxygen atoms in total. The third kappa shape index (κ3) is 4.71. The summed E-state index contributed by atoms with van der Waals surface area (Å²) in [6.45, 7) is 9.16. The maximum Gasteiger partial charge on any atom is 0.125 e. The maximum atomic E-state index is 4.28. The molecule has 0 aromatic heterocycles. The molecule has 0 heterocycles. The molecule has 0 unspecified atom stereocenters. The molecule has 0 aliphatic heterocycles. The molecule has 0 N–H and O–H groups in total. The maximum absolute atomic E-state index is 4.28. The second-order valence-electron chi connectivity index (χ2n) is 2.71. The molecule has 0 aromatic rings. The van der Waals surface area contributed by atoms with E-state index in [1.165, 1.54) is 0 Å². The Kier molecular flexibility index (Phi) is 5.71. The van der Waals surface area contributed by atoms with Crippen LogP contribution in [-0.2, 0) is 0 Å². The normalized spacial score (nSPS) is 13.4. The molecule has 0 amide bonds. The molecular formula is C9H18N2. The Morgan fingerprint density at radius 1 is 1.36 bits per heavy atom. The summed E-state index contributed by atoms with van der Waals surface area (Å²) in [5.74, 6) is 1.41. The first-order valence-electron chi connectivity index (χ1n) is 4.29. The number of aliphatic imine (C=N–C) groups is 2. The zero-order chi connectivity index (χ0) is 8.69. The number of hydrogen-bond donors (Lipinski definition) is 0. The number of amidine groups is 1. The summed E-state index contributed by atoms with van der Waals surface area (Å²) in [5.41, 5.74) is 0. The van der Waals surface area contributed by atoms with Gasteiger partial charge in [-0.1, -0.05) is 20.8 Å². The lowest BCUT2D eigenvalue weighted by atomic mass is 10.2. The van der Waals surface area contributed by atoms with Crippen molar-refractivity contribution in [3.05, 3.63) is 0 Å². The van der Waals surface area contributed by atoms with Crippen molar-refractivity contribution >= 4 is 12.1 Å². The highest BCUT2D eigenvalue weighted by Crippen LogP contribution is 1.98. The van der Waals surface area contributed by atoms with Crippen LogP contribution in [-0.4, -0.2) is 18.6 Å². The summed E-state index contributed by atoms with van der Waals surface area (Å²) in [4.78, 5) is 8.54. The summed E-state index contributed by atoms with van der Waals surface area (Å²) in [5, 5.41) is 0. The highest BCUT2D eigenvalue weighted by molar-refractivity contribution is 5.90. The van der Waals surface area contributed by atoms with Gasteiger partial charge in [0.25, 0.3) is 0 Å². The third-order valence-electron chi connectivity index (χ3n) is 1.24. The van der Waals surface area contributed by atoms with Gasteiger partial charge in [0.2, 0.25) is 0 Å². The highest BCUT2D eigenvalue weighted by Gasteiger charge is 1.99. The molecule has 2 heteroatoms. The van der Waals surface area contributed by atoms with Crippen molar-refractivity contribution < 1.29 is 0 Å². The van der Waals surface area contributed by atoms with Crippen molar-refractivity contribution in [3.63, 3.8) is 0 Å². The molecule has 0 radical (unpaired) electrons. The van der Waals surface area contributed by atoms with Gasteiger partial charge in [-0.2, -0.15) is 0 Å². The first-order chi connectivity index (χ1) is 5.22. The van der Waals surface area contributed by atoms with E-state index >= 15 is 0 Å².